The predicted octanol–water partition coefficient (Wildman–Crippen LogP) is 2.55. The van der Waals surface area contributed by atoms with Crippen molar-refractivity contribution in [3.05, 3.63) is 29.4 Å². The van der Waals surface area contributed by atoms with Crippen LogP contribution in [0.2, 0.25) is 5.15 Å². The van der Waals surface area contributed by atoms with Crippen LogP contribution in [0.15, 0.2) is 28.4 Å². The molecular weight excluding hydrogens is 272 g/mol. The Morgan fingerprint density at radius 1 is 1.44 bits per heavy atom. The molecule has 0 amide bonds. The lowest BCUT2D eigenvalue weighted by atomic mass is 10.6. The minimum absolute atomic E-state index is 0.373. The highest BCUT2D eigenvalue weighted by molar-refractivity contribution is 7.99. The second-order valence-electron chi connectivity index (χ2n) is 3.53. The first-order valence-corrected chi connectivity index (χ1v) is 6.64. The topological polar surface area (TPSA) is 52.8 Å². The Morgan fingerprint density at radius 2 is 2.28 bits per heavy atom. The van der Waals surface area contributed by atoms with Crippen molar-refractivity contribution >= 4 is 23.4 Å². The summed E-state index contributed by atoms with van der Waals surface area (Å²) in [6.45, 7) is 2.93. The number of rotatable bonds is 5. The van der Waals surface area contributed by atoms with E-state index in [0.29, 0.717) is 24.2 Å². The summed E-state index contributed by atoms with van der Waals surface area (Å²) in [5.41, 5.74) is 0. The van der Waals surface area contributed by atoms with Crippen LogP contribution in [0.25, 0.3) is 0 Å². The van der Waals surface area contributed by atoms with E-state index in [1.54, 1.807) is 16.9 Å². The number of aryl methyl sites for hydroxylation is 1. The summed E-state index contributed by atoms with van der Waals surface area (Å²) < 4.78 is 7.02. The van der Waals surface area contributed by atoms with Gasteiger partial charge in [0, 0.05) is 25.9 Å². The van der Waals surface area contributed by atoms with E-state index in [-0.39, 0.29) is 0 Å². The molecule has 0 aromatic carbocycles. The lowest BCUT2D eigenvalue weighted by molar-refractivity contribution is 0.128. The van der Waals surface area contributed by atoms with E-state index < -0.39 is 0 Å². The zero-order chi connectivity index (χ0) is 13.0. The third kappa shape index (κ3) is 3.69. The molecule has 2 aromatic heterocycles. The van der Waals surface area contributed by atoms with Gasteiger partial charge in [-0.2, -0.15) is 5.10 Å². The standard InChI is InChI=1S/C11H13ClN4OS/c1-3-17-7-10-14-9(12)4-11(15-10)18-8-5-13-16(2)6-8/h4-6H,3,7H2,1-2H3. The first-order chi connectivity index (χ1) is 8.67. The summed E-state index contributed by atoms with van der Waals surface area (Å²) in [4.78, 5) is 9.50. The first-order valence-electron chi connectivity index (χ1n) is 5.45. The number of nitrogens with zero attached hydrogens (tertiary/aromatic N) is 4. The van der Waals surface area contributed by atoms with Gasteiger partial charge in [-0.05, 0) is 6.92 Å². The molecule has 0 saturated heterocycles. The minimum atomic E-state index is 0.373. The minimum Gasteiger partial charge on any atom is -0.374 e. The van der Waals surface area contributed by atoms with Gasteiger partial charge in [0.1, 0.15) is 16.8 Å². The van der Waals surface area contributed by atoms with Gasteiger partial charge < -0.3 is 4.74 Å². The van der Waals surface area contributed by atoms with Gasteiger partial charge in [0.15, 0.2) is 5.82 Å². The number of ether oxygens (including phenoxy) is 1. The molecular formula is C11H13ClN4OS. The highest BCUT2D eigenvalue weighted by Crippen LogP contribution is 2.26. The maximum absolute atomic E-state index is 5.96. The average Bonchev–Trinajstić information content (AvgIpc) is 2.71. The number of hydrogen-bond donors (Lipinski definition) is 0. The normalized spacial score (nSPS) is 10.8. The molecule has 0 unspecified atom stereocenters. The van der Waals surface area contributed by atoms with Crippen LogP contribution < -0.4 is 0 Å². The monoisotopic (exact) mass is 284 g/mol. The second kappa shape index (κ2) is 6.17. The van der Waals surface area contributed by atoms with Crippen molar-refractivity contribution in [3.63, 3.8) is 0 Å². The third-order valence-electron chi connectivity index (χ3n) is 2.06. The first kappa shape index (κ1) is 13.3. The van der Waals surface area contributed by atoms with Crippen molar-refractivity contribution in [3.8, 4) is 0 Å². The molecule has 2 rings (SSSR count). The fourth-order valence-corrected chi connectivity index (χ4v) is 2.46. The highest BCUT2D eigenvalue weighted by atomic mass is 35.5. The van der Waals surface area contributed by atoms with E-state index in [2.05, 4.69) is 15.1 Å². The van der Waals surface area contributed by atoms with Crippen molar-refractivity contribution in [2.75, 3.05) is 6.61 Å². The van der Waals surface area contributed by atoms with Gasteiger partial charge in [-0.15, -0.1) is 0 Å². The van der Waals surface area contributed by atoms with Crippen LogP contribution in [0.5, 0.6) is 0 Å². The Kier molecular flexibility index (Phi) is 4.57. The Hall–Kier alpha value is -1.11. The molecule has 0 saturated carbocycles. The molecule has 0 fully saturated rings. The van der Waals surface area contributed by atoms with Gasteiger partial charge in [0.05, 0.1) is 11.1 Å². The van der Waals surface area contributed by atoms with Crippen molar-refractivity contribution in [1.82, 2.24) is 19.7 Å². The van der Waals surface area contributed by atoms with E-state index >= 15 is 0 Å². The van der Waals surface area contributed by atoms with Crippen molar-refractivity contribution in [2.24, 2.45) is 7.05 Å². The van der Waals surface area contributed by atoms with Crippen LogP contribution in [0.1, 0.15) is 12.7 Å². The van der Waals surface area contributed by atoms with Gasteiger partial charge in [-0.25, -0.2) is 9.97 Å². The lowest BCUT2D eigenvalue weighted by Gasteiger charge is -2.03. The third-order valence-corrected chi connectivity index (χ3v) is 3.12. The molecule has 0 aliphatic rings. The largest absolute Gasteiger partial charge is 0.374 e. The van der Waals surface area contributed by atoms with E-state index in [1.807, 2.05) is 20.2 Å². The Bertz CT molecular complexity index is 532. The summed E-state index contributed by atoms with van der Waals surface area (Å²) in [6, 6.07) is 1.73. The Labute approximate surface area is 115 Å². The smallest absolute Gasteiger partial charge is 0.157 e. The Morgan fingerprint density at radius 3 is 2.94 bits per heavy atom. The van der Waals surface area contributed by atoms with Crippen LogP contribution >= 0.6 is 23.4 Å². The summed E-state index contributed by atoms with van der Waals surface area (Å²) in [7, 11) is 1.87. The quantitative estimate of drug-likeness (QED) is 0.790. The lowest BCUT2D eigenvalue weighted by Crippen LogP contribution is -2.00. The van der Waals surface area contributed by atoms with Crippen LogP contribution in [-0.2, 0) is 18.4 Å². The zero-order valence-electron chi connectivity index (χ0n) is 10.1. The number of hydrogen-bond acceptors (Lipinski definition) is 5. The van der Waals surface area contributed by atoms with Crippen molar-refractivity contribution in [1.29, 1.82) is 0 Å². The molecule has 0 spiro atoms. The maximum atomic E-state index is 5.96. The average molecular weight is 285 g/mol. The van der Waals surface area contributed by atoms with E-state index in [0.717, 1.165) is 9.92 Å². The number of aromatic nitrogens is 4. The molecule has 0 aliphatic heterocycles. The highest BCUT2D eigenvalue weighted by Gasteiger charge is 2.06. The molecule has 0 radical (unpaired) electrons. The molecule has 18 heavy (non-hydrogen) atoms. The van der Waals surface area contributed by atoms with Crippen LogP contribution in [0.3, 0.4) is 0 Å². The van der Waals surface area contributed by atoms with E-state index in [9.17, 15) is 0 Å². The summed E-state index contributed by atoms with van der Waals surface area (Å²) in [5.74, 6) is 0.593. The van der Waals surface area contributed by atoms with Crippen LogP contribution in [-0.4, -0.2) is 26.4 Å². The molecule has 7 heteroatoms. The van der Waals surface area contributed by atoms with Crippen molar-refractivity contribution < 1.29 is 4.74 Å². The van der Waals surface area contributed by atoms with Crippen LogP contribution in [0.4, 0.5) is 0 Å². The van der Waals surface area contributed by atoms with Crippen molar-refractivity contribution in [2.45, 2.75) is 23.5 Å². The Balaban J connectivity index is 2.14. The summed E-state index contributed by atoms with van der Waals surface area (Å²) in [6.07, 6.45) is 3.70. The summed E-state index contributed by atoms with van der Waals surface area (Å²) in [5, 5.41) is 5.31. The van der Waals surface area contributed by atoms with E-state index in [4.69, 9.17) is 16.3 Å². The van der Waals surface area contributed by atoms with Gasteiger partial charge >= 0.3 is 0 Å². The molecule has 0 bridgehead atoms. The van der Waals surface area contributed by atoms with Crippen LogP contribution in [0, 0.1) is 0 Å². The summed E-state index contributed by atoms with van der Waals surface area (Å²) >= 11 is 7.46. The van der Waals surface area contributed by atoms with Gasteiger partial charge in [-0.3, -0.25) is 4.68 Å². The molecule has 96 valence electrons. The second-order valence-corrected chi connectivity index (χ2v) is 5.02. The molecule has 0 aliphatic carbocycles. The number of halogens is 1. The molecule has 0 N–H and O–H groups in total. The maximum Gasteiger partial charge on any atom is 0.157 e. The molecule has 2 heterocycles. The predicted molar refractivity (Wildman–Crippen MR) is 69.7 cm³/mol. The molecule has 0 atom stereocenters. The molecule has 5 nitrogen and oxygen atoms in total. The fraction of sp³-hybridized carbons (Fsp3) is 0.364. The van der Waals surface area contributed by atoms with Gasteiger partial charge in [-0.1, -0.05) is 23.4 Å². The van der Waals surface area contributed by atoms with Gasteiger partial charge in [0.2, 0.25) is 0 Å². The molecule has 2 aromatic rings. The zero-order valence-corrected chi connectivity index (χ0v) is 11.7. The van der Waals surface area contributed by atoms with Gasteiger partial charge in [0.25, 0.3) is 0 Å². The van der Waals surface area contributed by atoms with E-state index in [1.165, 1.54) is 11.8 Å². The SMILES string of the molecule is CCOCc1nc(Cl)cc(Sc2cnn(C)c2)n1. The fourth-order valence-electron chi connectivity index (χ4n) is 1.32.